The standard InChI is InChI=1S/C18H28N2O2.ClH/c1-3-12-22-17-7-4-15(5-8-17)6-9-18(21)20-16-10-11-19-14(2)13-16;/h4-5,7-8,14,16,19H,3,6,9-13H2,1-2H3,(H,20,21);1H. The van der Waals surface area contributed by atoms with Crippen LogP contribution in [0, 0.1) is 0 Å². The van der Waals surface area contributed by atoms with Gasteiger partial charge < -0.3 is 15.4 Å². The summed E-state index contributed by atoms with van der Waals surface area (Å²) in [6.45, 7) is 6.00. The first-order valence-corrected chi connectivity index (χ1v) is 8.42. The number of benzene rings is 1. The highest BCUT2D eigenvalue weighted by atomic mass is 35.5. The minimum absolute atomic E-state index is 0. The van der Waals surface area contributed by atoms with E-state index in [-0.39, 0.29) is 18.3 Å². The average molecular weight is 341 g/mol. The highest BCUT2D eigenvalue weighted by Gasteiger charge is 2.19. The van der Waals surface area contributed by atoms with Crippen molar-refractivity contribution in [2.24, 2.45) is 0 Å². The number of ether oxygens (including phenoxy) is 1. The lowest BCUT2D eigenvalue weighted by Gasteiger charge is -2.28. The second kappa shape index (κ2) is 10.5. The van der Waals surface area contributed by atoms with E-state index in [2.05, 4.69) is 24.5 Å². The third kappa shape index (κ3) is 7.23. The molecule has 1 saturated heterocycles. The summed E-state index contributed by atoms with van der Waals surface area (Å²) in [6.07, 6.45) is 4.39. The average Bonchev–Trinajstić information content (AvgIpc) is 2.52. The zero-order valence-electron chi connectivity index (χ0n) is 14.1. The number of halogens is 1. The van der Waals surface area contributed by atoms with E-state index in [1.807, 2.05) is 24.3 Å². The SMILES string of the molecule is CCCOc1ccc(CCC(=O)NC2CCNC(C)C2)cc1.Cl. The lowest BCUT2D eigenvalue weighted by molar-refractivity contribution is -0.122. The number of rotatable bonds is 7. The molecule has 0 aliphatic carbocycles. The van der Waals surface area contributed by atoms with Crippen LogP contribution in [0.3, 0.4) is 0 Å². The van der Waals surface area contributed by atoms with E-state index in [1.165, 1.54) is 5.56 Å². The van der Waals surface area contributed by atoms with Gasteiger partial charge in [0.2, 0.25) is 5.91 Å². The summed E-state index contributed by atoms with van der Waals surface area (Å²) in [5.41, 5.74) is 1.18. The molecule has 2 rings (SSSR count). The molecule has 0 spiro atoms. The molecule has 4 nitrogen and oxygen atoms in total. The molecule has 0 radical (unpaired) electrons. The first-order chi connectivity index (χ1) is 10.7. The molecule has 1 heterocycles. The predicted octanol–water partition coefficient (Wildman–Crippen LogP) is 3.09. The Morgan fingerprint density at radius 3 is 2.74 bits per heavy atom. The second-order valence-electron chi connectivity index (χ2n) is 6.14. The summed E-state index contributed by atoms with van der Waals surface area (Å²) in [5.74, 6) is 1.06. The molecule has 2 unspecified atom stereocenters. The van der Waals surface area contributed by atoms with Gasteiger partial charge in [0.05, 0.1) is 6.61 Å². The molecule has 1 aromatic carbocycles. The van der Waals surface area contributed by atoms with Crippen LogP contribution in [0.4, 0.5) is 0 Å². The van der Waals surface area contributed by atoms with E-state index < -0.39 is 0 Å². The molecule has 1 aliphatic heterocycles. The van der Waals surface area contributed by atoms with Crippen LogP contribution in [0.2, 0.25) is 0 Å². The Hall–Kier alpha value is -1.26. The molecule has 1 fully saturated rings. The van der Waals surface area contributed by atoms with E-state index in [4.69, 9.17) is 4.74 Å². The molecule has 1 aromatic rings. The van der Waals surface area contributed by atoms with Gasteiger partial charge in [-0.2, -0.15) is 0 Å². The van der Waals surface area contributed by atoms with E-state index in [0.29, 0.717) is 18.5 Å². The summed E-state index contributed by atoms with van der Waals surface area (Å²) < 4.78 is 5.56. The van der Waals surface area contributed by atoms with Gasteiger partial charge in [-0.15, -0.1) is 12.4 Å². The molecule has 0 saturated carbocycles. The quantitative estimate of drug-likeness (QED) is 0.802. The molecule has 0 bridgehead atoms. The van der Waals surface area contributed by atoms with Crippen LogP contribution in [0.25, 0.3) is 0 Å². The second-order valence-corrected chi connectivity index (χ2v) is 6.14. The number of piperidine rings is 1. The van der Waals surface area contributed by atoms with Gasteiger partial charge in [0.1, 0.15) is 5.75 Å². The van der Waals surface area contributed by atoms with Crippen LogP contribution < -0.4 is 15.4 Å². The minimum Gasteiger partial charge on any atom is -0.494 e. The number of carbonyl (C=O) groups excluding carboxylic acids is 1. The number of amides is 1. The van der Waals surface area contributed by atoms with Gasteiger partial charge in [-0.3, -0.25) is 4.79 Å². The number of hydrogen-bond donors (Lipinski definition) is 2. The first kappa shape index (κ1) is 19.8. The lowest BCUT2D eigenvalue weighted by Crippen LogP contribution is -2.46. The van der Waals surface area contributed by atoms with Gasteiger partial charge in [-0.05, 0) is 56.8 Å². The van der Waals surface area contributed by atoms with Gasteiger partial charge in [0, 0.05) is 18.5 Å². The molecule has 5 heteroatoms. The molecule has 1 amide bonds. The van der Waals surface area contributed by atoms with Crippen LogP contribution in [0.5, 0.6) is 5.75 Å². The maximum absolute atomic E-state index is 12.0. The van der Waals surface area contributed by atoms with Gasteiger partial charge >= 0.3 is 0 Å². The Morgan fingerprint density at radius 2 is 2.09 bits per heavy atom. The number of aryl methyl sites for hydroxylation is 1. The third-order valence-corrected chi connectivity index (χ3v) is 4.03. The van der Waals surface area contributed by atoms with Gasteiger partial charge in [-0.1, -0.05) is 19.1 Å². The van der Waals surface area contributed by atoms with E-state index in [9.17, 15) is 4.79 Å². The largest absolute Gasteiger partial charge is 0.494 e. The Bertz CT molecular complexity index is 465. The zero-order chi connectivity index (χ0) is 15.8. The normalized spacial score (nSPS) is 20.4. The Kier molecular flexibility index (Phi) is 9.03. The van der Waals surface area contributed by atoms with Gasteiger partial charge in [0.15, 0.2) is 0 Å². The predicted molar refractivity (Wildman–Crippen MR) is 96.4 cm³/mol. The van der Waals surface area contributed by atoms with E-state index >= 15 is 0 Å². The fourth-order valence-electron chi connectivity index (χ4n) is 2.79. The van der Waals surface area contributed by atoms with Crippen molar-refractivity contribution in [2.45, 2.75) is 58.0 Å². The smallest absolute Gasteiger partial charge is 0.220 e. The topological polar surface area (TPSA) is 50.4 Å². The molecule has 2 atom stereocenters. The van der Waals surface area contributed by atoms with Crippen molar-refractivity contribution < 1.29 is 9.53 Å². The van der Waals surface area contributed by atoms with Gasteiger partial charge in [0.25, 0.3) is 0 Å². The summed E-state index contributed by atoms with van der Waals surface area (Å²) >= 11 is 0. The van der Waals surface area contributed by atoms with Crippen LogP contribution in [0.1, 0.15) is 45.1 Å². The Morgan fingerprint density at radius 1 is 1.35 bits per heavy atom. The molecule has 2 N–H and O–H groups in total. The van der Waals surface area contributed by atoms with Crippen molar-refractivity contribution in [3.05, 3.63) is 29.8 Å². The maximum Gasteiger partial charge on any atom is 0.220 e. The van der Waals surface area contributed by atoms with Crippen LogP contribution in [-0.4, -0.2) is 31.1 Å². The van der Waals surface area contributed by atoms with Crippen molar-refractivity contribution >= 4 is 18.3 Å². The van der Waals surface area contributed by atoms with Crippen molar-refractivity contribution in [3.63, 3.8) is 0 Å². The minimum atomic E-state index is 0. The van der Waals surface area contributed by atoms with Gasteiger partial charge in [-0.25, -0.2) is 0 Å². The first-order valence-electron chi connectivity index (χ1n) is 8.42. The highest BCUT2D eigenvalue weighted by Crippen LogP contribution is 2.14. The molecule has 130 valence electrons. The van der Waals surface area contributed by atoms with Crippen molar-refractivity contribution in [1.29, 1.82) is 0 Å². The molecular formula is C18H29ClN2O2. The summed E-state index contributed by atoms with van der Waals surface area (Å²) in [4.78, 5) is 12.0. The summed E-state index contributed by atoms with van der Waals surface area (Å²) in [6, 6.07) is 8.88. The van der Waals surface area contributed by atoms with Crippen molar-refractivity contribution in [3.8, 4) is 5.75 Å². The fourth-order valence-corrected chi connectivity index (χ4v) is 2.79. The van der Waals surface area contributed by atoms with Crippen LogP contribution >= 0.6 is 12.4 Å². The van der Waals surface area contributed by atoms with Crippen LogP contribution in [-0.2, 0) is 11.2 Å². The number of nitrogens with one attached hydrogen (secondary N) is 2. The summed E-state index contributed by atoms with van der Waals surface area (Å²) in [7, 11) is 0. The lowest BCUT2D eigenvalue weighted by atomic mass is 10.0. The highest BCUT2D eigenvalue weighted by molar-refractivity contribution is 5.85. The van der Waals surface area contributed by atoms with E-state index in [0.717, 1.165) is 44.6 Å². The number of carbonyl (C=O) groups is 1. The molecule has 0 aromatic heterocycles. The Balaban J connectivity index is 0.00000264. The van der Waals surface area contributed by atoms with Crippen molar-refractivity contribution in [2.75, 3.05) is 13.2 Å². The van der Waals surface area contributed by atoms with Crippen molar-refractivity contribution in [1.82, 2.24) is 10.6 Å². The monoisotopic (exact) mass is 340 g/mol. The molecular weight excluding hydrogens is 312 g/mol. The number of hydrogen-bond acceptors (Lipinski definition) is 3. The molecule has 1 aliphatic rings. The third-order valence-electron chi connectivity index (χ3n) is 4.03. The van der Waals surface area contributed by atoms with Crippen LogP contribution in [0.15, 0.2) is 24.3 Å². The maximum atomic E-state index is 12.0. The van der Waals surface area contributed by atoms with E-state index in [1.54, 1.807) is 0 Å². The summed E-state index contributed by atoms with van der Waals surface area (Å²) in [5, 5.41) is 6.55. The Labute approximate surface area is 145 Å². The fraction of sp³-hybridized carbons (Fsp3) is 0.611. The zero-order valence-corrected chi connectivity index (χ0v) is 15.0. The molecule has 23 heavy (non-hydrogen) atoms.